The molecule has 2 saturated heterocycles. The molecule has 0 saturated carbocycles. The lowest BCUT2D eigenvalue weighted by atomic mass is 9.88. The number of hydrogen-bond acceptors (Lipinski definition) is 6. The topological polar surface area (TPSA) is 63.0 Å². The average Bonchev–Trinajstić information content (AvgIpc) is 3.36. The Morgan fingerprint density at radius 2 is 1.81 bits per heavy atom. The molecule has 0 spiro atoms. The predicted octanol–water partition coefficient (Wildman–Crippen LogP) is 3.47. The molecule has 0 N–H and O–H groups in total. The van der Waals surface area contributed by atoms with Crippen molar-refractivity contribution in [3.05, 3.63) is 36.4 Å². The zero-order chi connectivity index (χ0) is 22.5. The molecule has 3 aromatic heterocycles. The molecule has 2 aliphatic heterocycles. The zero-order valence-corrected chi connectivity index (χ0v) is 16.9. The van der Waals surface area contributed by atoms with Crippen molar-refractivity contribution in [3.63, 3.8) is 0 Å². The maximum Gasteiger partial charge on any atom is 0.433 e. The quantitative estimate of drug-likeness (QED) is 0.564. The van der Waals surface area contributed by atoms with Gasteiger partial charge in [0.1, 0.15) is 23.6 Å². The fraction of sp³-hybridized carbons (Fsp3) is 0.500. The van der Waals surface area contributed by atoms with Crippen LogP contribution in [0.25, 0.3) is 11.2 Å². The minimum atomic E-state index is -4.48. The van der Waals surface area contributed by atoms with Gasteiger partial charge in [0.2, 0.25) is 0 Å². The van der Waals surface area contributed by atoms with E-state index in [9.17, 15) is 22.0 Å². The fourth-order valence-electron chi connectivity index (χ4n) is 4.62. The highest BCUT2D eigenvalue weighted by Crippen LogP contribution is 2.36. The van der Waals surface area contributed by atoms with E-state index >= 15 is 0 Å². The summed E-state index contributed by atoms with van der Waals surface area (Å²) in [5.41, 5.74) is 0.390. The lowest BCUT2D eigenvalue weighted by molar-refractivity contribution is -0.141. The molecule has 2 atom stereocenters. The number of nitrogens with zero attached hydrogens (tertiary/aromatic N) is 7. The van der Waals surface area contributed by atoms with Gasteiger partial charge < -0.3 is 9.80 Å². The number of fused-ring (bicyclic) bond motifs is 2. The number of anilines is 2. The summed E-state index contributed by atoms with van der Waals surface area (Å²) >= 11 is 0. The molecule has 2 aliphatic rings. The van der Waals surface area contributed by atoms with Gasteiger partial charge in [-0.25, -0.2) is 23.4 Å². The molecule has 32 heavy (non-hydrogen) atoms. The van der Waals surface area contributed by atoms with Crippen LogP contribution in [-0.4, -0.2) is 57.3 Å². The van der Waals surface area contributed by atoms with Gasteiger partial charge in [-0.15, -0.1) is 0 Å². The first kappa shape index (κ1) is 20.8. The Hall–Kier alpha value is -3.05. The van der Waals surface area contributed by atoms with Crippen molar-refractivity contribution in [1.29, 1.82) is 0 Å². The van der Waals surface area contributed by atoms with Crippen molar-refractivity contribution >= 4 is 22.7 Å². The SMILES string of the molecule is FC(F)Cn1ncc2ncc(N3C[C@H]4CN(c5ccnc(C(F)(F)F)c5)CC[C@H]4C3)nc21. The molecule has 7 nitrogen and oxygen atoms in total. The summed E-state index contributed by atoms with van der Waals surface area (Å²) < 4.78 is 65.8. The molecule has 0 radical (unpaired) electrons. The molecular weight excluding hydrogens is 433 g/mol. The van der Waals surface area contributed by atoms with Crippen molar-refractivity contribution in [1.82, 2.24) is 24.7 Å². The van der Waals surface area contributed by atoms with Crippen molar-refractivity contribution in [2.24, 2.45) is 11.8 Å². The van der Waals surface area contributed by atoms with E-state index in [1.807, 2.05) is 4.90 Å². The highest BCUT2D eigenvalue weighted by atomic mass is 19.4. The highest BCUT2D eigenvalue weighted by molar-refractivity contribution is 5.71. The van der Waals surface area contributed by atoms with Gasteiger partial charge in [0.05, 0.1) is 12.4 Å². The van der Waals surface area contributed by atoms with Crippen molar-refractivity contribution in [2.45, 2.75) is 25.6 Å². The molecule has 0 amide bonds. The number of alkyl halides is 5. The minimum Gasteiger partial charge on any atom is -0.371 e. The largest absolute Gasteiger partial charge is 0.433 e. The Balaban J connectivity index is 1.32. The molecule has 5 heterocycles. The van der Waals surface area contributed by atoms with Gasteiger partial charge in [-0.2, -0.15) is 18.3 Å². The molecule has 3 aromatic rings. The number of halogens is 5. The van der Waals surface area contributed by atoms with E-state index < -0.39 is 24.8 Å². The Labute approximate surface area is 179 Å². The molecule has 170 valence electrons. The van der Waals surface area contributed by atoms with Crippen LogP contribution in [0.2, 0.25) is 0 Å². The van der Waals surface area contributed by atoms with Crippen LogP contribution in [0.15, 0.2) is 30.7 Å². The number of aromatic nitrogens is 5. The molecule has 0 aromatic carbocycles. The molecule has 5 rings (SSSR count). The first-order valence-electron chi connectivity index (χ1n) is 10.3. The Morgan fingerprint density at radius 1 is 1.03 bits per heavy atom. The fourth-order valence-corrected chi connectivity index (χ4v) is 4.62. The van der Waals surface area contributed by atoms with Crippen LogP contribution in [0.4, 0.5) is 33.5 Å². The number of hydrogen-bond donors (Lipinski definition) is 0. The van der Waals surface area contributed by atoms with Crippen molar-refractivity contribution in [3.8, 4) is 0 Å². The second kappa shape index (κ2) is 7.82. The monoisotopic (exact) mass is 453 g/mol. The Morgan fingerprint density at radius 3 is 2.59 bits per heavy atom. The van der Waals surface area contributed by atoms with E-state index in [1.54, 1.807) is 12.3 Å². The van der Waals surface area contributed by atoms with Gasteiger partial charge in [-0.3, -0.25) is 4.98 Å². The van der Waals surface area contributed by atoms with E-state index in [0.717, 1.165) is 23.7 Å². The van der Waals surface area contributed by atoms with Gasteiger partial charge in [0.15, 0.2) is 5.65 Å². The predicted molar refractivity (Wildman–Crippen MR) is 107 cm³/mol. The van der Waals surface area contributed by atoms with Gasteiger partial charge >= 0.3 is 6.18 Å². The Kier molecular flexibility index (Phi) is 5.09. The first-order valence-corrected chi connectivity index (χ1v) is 10.3. The summed E-state index contributed by atoms with van der Waals surface area (Å²) in [5.74, 6) is 1.21. The van der Waals surface area contributed by atoms with Gasteiger partial charge in [-0.05, 0) is 30.4 Å². The zero-order valence-electron chi connectivity index (χ0n) is 16.9. The van der Waals surface area contributed by atoms with E-state index in [4.69, 9.17) is 0 Å². The van der Waals surface area contributed by atoms with E-state index in [0.29, 0.717) is 48.2 Å². The van der Waals surface area contributed by atoms with Gasteiger partial charge in [0, 0.05) is 38.1 Å². The van der Waals surface area contributed by atoms with Crippen LogP contribution in [-0.2, 0) is 12.7 Å². The van der Waals surface area contributed by atoms with Crippen LogP contribution in [0.3, 0.4) is 0 Å². The maximum atomic E-state index is 13.0. The van der Waals surface area contributed by atoms with E-state index in [1.165, 1.54) is 12.4 Å². The third-order valence-corrected chi connectivity index (χ3v) is 6.17. The van der Waals surface area contributed by atoms with E-state index in [-0.39, 0.29) is 5.92 Å². The third-order valence-electron chi connectivity index (χ3n) is 6.17. The maximum absolute atomic E-state index is 13.0. The summed E-state index contributed by atoms with van der Waals surface area (Å²) in [7, 11) is 0. The second-order valence-electron chi connectivity index (χ2n) is 8.21. The lowest BCUT2D eigenvalue weighted by Crippen LogP contribution is -2.40. The summed E-state index contributed by atoms with van der Waals surface area (Å²) in [6, 6.07) is 2.70. The molecule has 0 aliphatic carbocycles. The van der Waals surface area contributed by atoms with Crippen LogP contribution in [0.1, 0.15) is 12.1 Å². The average molecular weight is 453 g/mol. The van der Waals surface area contributed by atoms with Crippen LogP contribution in [0.5, 0.6) is 0 Å². The molecular formula is C20H20F5N7. The van der Waals surface area contributed by atoms with Gasteiger partial charge in [-0.1, -0.05) is 0 Å². The minimum absolute atomic E-state index is 0.245. The van der Waals surface area contributed by atoms with Crippen LogP contribution < -0.4 is 9.80 Å². The number of pyridine rings is 1. The third kappa shape index (κ3) is 3.93. The van der Waals surface area contributed by atoms with E-state index in [2.05, 4.69) is 25.0 Å². The smallest absolute Gasteiger partial charge is 0.371 e. The Bertz CT molecular complexity index is 1120. The highest BCUT2D eigenvalue weighted by Gasteiger charge is 2.39. The van der Waals surface area contributed by atoms with Crippen LogP contribution in [0, 0.1) is 11.8 Å². The molecule has 12 heteroatoms. The van der Waals surface area contributed by atoms with Crippen molar-refractivity contribution in [2.75, 3.05) is 36.0 Å². The molecule has 0 unspecified atom stereocenters. The van der Waals surface area contributed by atoms with Crippen LogP contribution >= 0.6 is 0 Å². The summed E-state index contributed by atoms with van der Waals surface area (Å²) in [6.07, 6.45) is -1.96. The number of rotatable bonds is 4. The molecule has 2 fully saturated rings. The standard InChI is InChI=1S/C20H20F5N7/c21-17(22)11-32-19-15(6-28-32)27-7-18(29-19)31-8-12-2-4-30(9-13(12)10-31)14-1-3-26-16(5-14)20(23,24)25/h1,3,5-7,12-13,17H,2,4,8-11H2/t12-,13+/m0/s1. The summed E-state index contributed by atoms with van der Waals surface area (Å²) in [6.45, 7) is 2.14. The number of piperidine rings is 1. The first-order chi connectivity index (χ1) is 15.3. The molecule has 0 bridgehead atoms. The van der Waals surface area contributed by atoms with Gasteiger partial charge in [0.25, 0.3) is 6.43 Å². The van der Waals surface area contributed by atoms with Crippen molar-refractivity contribution < 1.29 is 22.0 Å². The summed E-state index contributed by atoms with van der Waals surface area (Å²) in [4.78, 5) is 16.3. The summed E-state index contributed by atoms with van der Waals surface area (Å²) in [5, 5.41) is 3.94. The normalized spacial score (nSPS) is 21.6. The second-order valence-corrected chi connectivity index (χ2v) is 8.21. The lowest BCUT2D eigenvalue weighted by Gasteiger charge is -2.35.